The minimum absolute atomic E-state index is 0.0385. The Kier molecular flexibility index (Phi) is 3.82. The van der Waals surface area contributed by atoms with Gasteiger partial charge in [-0.15, -0.1) is 0 Å². The molecular formula is C15H13BrO2. The summed E-state index contributed by atoms with van der Waals surface area (Å²) in [6, 6.07) is 12.8. The highest BCUT2D eigenvalue weighted by Gasteiger charge is 2.16. The SMILES string of the molecule is Cc1c(Br)ccc(O)c1C(=O)Cc1ccccc1. The van der Waals surface area contributed by atoms with Crippen LogP contribution in [-0.4, -0.2) is 10.9 Å². The third-order valence-corrected chi connectivity index (χ3v) is 3.72. The van der Waals surface area contributed by atoms with Crippen LogP contribution in [0.4, 0.5) is 0 Å². The molecule has 0 heterocycles. The Morgan fingerprint density at radius 1 is 1.17 bits per heavy atom. The molecule has 0 saturated carbocycles. The molecule has 92 valence electrons. The van der Waals surface area contributed by atoms with Crippen LogP contribution in [-0.2, 0) is 6.42 Å². The Labute approximate surface area is 114 Å². The summed E-state index contributed by atoms with van der Waals surface area (Å²) in [4.78, 5) is 12.2. The van der Waals surface area contributed by atoms with Crippen LogP contribution in [0.2, 0.25) is 0 Å². The van der Waals surface area contributed by atoms with Crippen LogP contribution in [0.25, 0.3) is 0 Å². The van der Waals surface area contributed by atoms with Crippen molar-refractivity contribution in [3.05, 3.63) is 63.6 Å². The number of carbonyl (C=O) groups excluding carboxylic acids is 1. The lowest BCUT2D eigenvalue weighted by Gasteiger charge is -2.09. The summed E-state index contributed by atoms with van der Waals surface area (Å²) in [6.45, 7) is 1.82. The molecular weight excluding hydrogens is 292 g/mol. The first-order valence-corrected chi connectivity index (χ1v) is 6.44. The van der Waals surface area contributed by atoms with Crippen molar-refractivity contribution in [3.8, 4) is 5.75 Å². The topological polar surface area (TPSA) is 37.3 Å². The van der Waals surface area contributed by atoms with Gasteiger partial charge in [-0.2, -0.15) is 0 Å². The van der Waals surface area contributed by atoms with Gasteiger partial charge in [0.15, 0.2) is 5.78 Å². The summed E-state index contributed by atoms with van der Waals surface area (Å²) in [6.07, 6.45) is 0.297. The van der Waals surface area contributed by atoms with Gasteiger partial charge in [0.1, 0.15) is 5.75 Å². The van der Waals surface area contributed by atoms with Crippen molar-refractivity contribution in [3.63, 3.8) is 0 Å². The van der Waals surface area contributed by atoms with Gasteiger partial charge in [-0.05, 0) is 30.2 Å². The van der Waals surface area contributed by atoms with Gasteiger partial charge < -0.3 is 5.11 Å². The van der Waals surface area contributed by atoms with Gasteiger partial charge in [0.2, 0.25) is 0 Å². The van der Waals surface area contributed by atoms with Crippen LogP contribution in [0, 0.1) is 6.92 Å². The van der Waals surface area contributed by atoms with E-state index in [0.29, 0.717) is 12.0 Å². The fourth-order valence-corrected chi connectivity index (χ4v) is 2.22. The highest BCUT2D eigenvalue weighted by atomic mass is 79.9. The summed E-state index contributed by atoms with van der Waals surface area (Å²) in [5, 5.41) is 9.82. The Morgan fingerprint density at radius 2 is 1.83 bits per heavy atom. The zero-order valence-corrected chi connectivity index (χ0v) is 11.6. The standard InChI is InChI=1S/C15H13BrO2/c1-10-12(16)7-8-13(17)15(10)14(18)9-11-5-3-2-4-6-11/h2-8,17H,9H2,1H3. The number of carbonyl (C=O) groups is 1. The lowest BCUT2D eigenvalue weighted by atomic mass is 9.98. The average Bonchev–Trinajstić information content (AvgIpc) is 2.36. The van der Waals surface area contributed by atoms with Gasteiger partial charge in [-0.25, -0.2) is 0 Å². The van der Waals surface area contributed by atoms with Crippen molar-refractivity contribution in [2.24, 2.45) is 0 Å². The number of phenols is 1. The fraction of sp³-hybridized carbons (Fsp3) is 0.133. The van der Waals surface area contributed by atoms with E-state index in [0.717, 1.165) is 15.6 Å². The van der Waals surface area contributed by atoms with Crippen LogP contribution < -0.4 is 0 Å². The molecule has 18 heavy (non-hydrogen) atoms. The first-order valence-electron chi connectivity index (χ1n) is 5.65. The van der Waals surface area contributed by atoms with Gasteiger partial charge in [-0.1, -0.05) is 46.3 Å². The first-order chi connectivity index (χ1) is 8.59. The van der Waals surface area contributed by atoms with Gasteiger partial charge >= 0.3 is 0 Å². The zero-order chi connectivity index (χ0) is 13.1. The first kappa shape index (κ1) is 12.8. The summed E-state index contributed by atoms with van der Waals surface area (Å²) in [7, 11) is 0. The number of phenolic OH excluding ortho intramolecular Hbond substituents is 1. The summed E-state index contributed by atoms with van der Waals surface area (Å²) >= 11 is 3.37. The van der Waals surface area contributed by atoms with Crippen LogP contribution in [0.1, 0.15) is 21.5 Å². The number of rotatable bonds is 3. The van der Waals surface area contributed by atoms with E-state index in [-0.39, 0.29) is 11.5 Å². The number of ketones is 1. The van der Waals surface area contributed by atoms with E-state index >= 15 is 0 Å². The molecule has 0 radical (unpaired) electrons. The molecule has 0 amide bonds. The second-order valence-electron chi connectivity index (χ2n) is 4.15. The molecule has 0 saturated heterocycles. The molecule has 3 heteroatoms. The number of hydrogen-bond acceptors (Lipinski definition) is 2. The minimum Gasteiger partial charge on any atom is -0.507 e. The quantitative estimate of drug-likeness (QED) is 0.874. The van der Waals surface area contributed by atoms with E-state index in [1.807, 2.05) is 37.3 Å². The lowest BCUT2D eigenvalue weighted by molar-refractivity contribution is 0.0989. The van der Waals surface area contributed by atoms with Crippen molar-refractivity contribution in [1.82, 2.24) is 0 Å². The Bertz CT molecular complexity index is 577. The molecule has 2 aromatic rings. The van der Waals surface area contributed by atoms with Crippen molar-refractivity contribution in [2.75, 3.05) is 0 Å². The number of benzene rings is 2. The molecule has 0 fully saturated rings. The van der Waals surface area contributed by atoms with Gasteiger partial charge in [0, 0.05) is 10.9 Å². The molecule has 2 nitrogen and oxygen atoms in total. The summed E-state index contributed by atoms with van der Waals surface area (Å²) in [5.74, 6) is -0.0332. The van der Waals surface area contributed by atoms with Gasteiger partial charge in [0.25, 0.3) is 0 Å². The normalized spacial score (nSPS) is 10.3. The predicted octanol–water partition coefficient (Wildman–Crippen LogP) is 3.89. The molecule has 2 rings (SSSR count). The highest BCUT2D eigenvalue weighted by Crippen LogP contribution is 2.28. The lowest BCUT2D eigenvalue weighted by Crippen LogP contribution is -2.06. The van der Waals surface area contributed by atoms with Crippen LogP contribution >= 0.6 is 15.9 Å². The number of aromatic hydroxyl groups is 1. The molecule has 0 unspecified atom stereocenters. The largest absolute Gasteiger partial charge is 0.507 e. The molecule has 0 atom stereocenters. The number of hydrogen-bond donors (Lipinski definition) is 1. The van der Waals surface area contributed by atoms with E-state index in [1.165, 1.54) is 6.07 Å². The Balaban J connectivity index is 2.33. The van der Waals surface area contributed by atoms with Crippen molar-refractivity contribution >= 4 is 21.7 Å². The van der Waals surface area contributed by atoms with Crippen molar-refractivity contribution in [2.45, 2.75) is 13.3 Å². The molecule has 1 N–H and O–H groups in total. The van der Waals surface area contributed by atoms with Gasteiger partial charge in [-0.3, -0.25) is 4.79 Å². The van der Waals surface area contributed by atoms with E-state index in [4.69, 9.17) is 0 Å². The Hall–Kier alpha value is -1.61. The van der Waals surface area contributed by atoms with Crippen LogP contribution in [0.3, 0.4) is 0 Å². The monoisotopic (exact) mass is 304 g/mol. The predicted molar refractivity (Wildman–Crippen MR) is 75.0 cm³/mol. The second kappa shape index (κ2) is 5.36. The molecule has 0 aliphatic carbocycles. The van der Waals surface area contributed by atoms with E-state index in [2.05, 4.69) is 15.9 Å². The third kappa shape index (κ3) is 2.62. The molecule has 0 aliphatic rings. The van der Waals surface area contributed by atoms with E-state index in [9.17, 15) is 9.90 Å². The van der Waals surface area contributed by atoms with Crippen molar-refractivity contribution < 1.29 is 9.90 Å². The molecule has 0 bridgehead atoms. The molecule has 0 aliphatic heterocycles. The molecule has 0 aromatic heterocycles. The van der Waals surface area contributed by atoms with Crippen LogP contribution in [0.5, 0.6) is 5.75 Å². The average molecular weight is 305 g/mol. The maximum absolute atomic E-state index is 12.2. The van der Waals surface area contributed by atoms with Crippen molar-refractivity contribution in [1.29, 1.82) is 0 Å². The Morgan fingerprint density at radius 3 is 2.50 bits per heavy atom. The molecule has 0 spiro atoms. The third-order valence-electron chi connectivity index (χ3n) is 2.86. The zero-order valence-electron chi connectivity index (χ0n) is 9.98. The maximum atomic E-state index is 12.2. The summed E-state index contributed by atoms with van der Waals surface area (Å²) < 4.78 is 0.830. The smallest absolute Gasteiger partial charge is 0.171 e. The minimum atomic E-state index is -0.0718. The van der Waals surface area contributed by atoms with E-state index in [1.54, 1.807) is 6.07 Å². The second-order valence-corrected chi connectivity index (χ2v) is 5.01. The number of Topliss-reactive ketones (excluding diaryl/α,β-unsaturated/α-hetero) is 1. The number of halogens is 1. The van der Waals surface area contributed by atoms with Crippen LogP contribution in [0.15, 0.2) is 46.9 Å². The van der Waals surface area contributed by atoms with Gasteiger partial charge in [0.05, 0.1) is 5.56 Å². The van der Waals surface area contributed by atoms with E-state index < -0.39 is 0 Å². The molecule has 2 aromatic carbocycles. The highest BCUT2D eigenvalue weighted by molar-refractivity contribution is 9.10. The fourth-order valence-electron chi connectivity index (χ4n) is 1.89. The maximum Gasteiger partial charge on any atom is 0.171 e. The summed E-state index contributed by atoms with van der Waals surface area (Å²) in [5.41, 5.74) is 2.12.